The fraction of sp³-hybridized carbons (Fsp3) is 0.741. The molecule has 0 bridgehead atoms. The Morgan fingerprint density at radius 2 is 1.74 bits per heavy atom. The van der Waals surface area contributed by atoms with Gasteiger partial charge in [-0.2, -0.15) is 0 Å². The topological polar surface area (TPSA) is 36.9 Å². The Balaban J connectivity index is 0.000000316. The maximum absolute atomic E-state index is 5.25. The highest BCUT2D eigenvalue weighted by Gasteiger charge is 2.30. The van der Waals surface area contributed by atoms with Gasteiger partial charge in [0.2, 0.25) is 0 Å². The number of allylic oxidation sites excluding steroid dienone is 5. The van der Waals surface area contributed by atoms with Crippen molar-refractivity contribution in [1.29, 1.82) is 0 Å². The number of hydrogen-bond donors (Lipinski definition) is 1. The van der Waals surface area contributed by atoms with Crippen molar-refractivity contribution in [2.24, 2.45) is 16.8 Å². The molecule has 0 radical (unpaired) electrons. The first-order valence-corrected chi connectivity index (χ1v) is 12.7. The number of nitrogens with zero attached hydrogens (tertiary/aromatic N) is 2. The lowest BCUT2D eigenvalue weighted by Gasteiger charge is -2.32. The van der Waals surface area contributed by atoms with E-state index >= 15 is 0 Å². The molecule has 2 aliphatic heterocycles. The fourth-order valence-electron chi connectivity index (χ4n) is 4.59. The van der Waals surface area contributed by atoms with E-state index in [1.807, 2.05) is 6.20 Å². The summed E-state index contributed by atoms with van der Waals surface area (Å²) in [7, 11) is 0. The second-order valence-electron chi connectivity index (χ2n) is 9.07. The zero-order valence-electron chi connectivity index (χ0n) is 20.9. The van der Waals surface area contributed by atoms with Crippen molar-refractivity contribution in [2.45, 2.75) is 79.6 Å². The third-order valence-corrected chi connectivity index (χ3v) is 6.58. The van der Waals surface area contributed by atoms with E-state index in [9.17, 15) is 0 Å². The van der Waals surface area contributed by atoms with Crippen molar-refractivity contribution in [2.75, 3.05) is 39.4 Å². The van der Waals surface area contributed by atoms with Gasteiger partial charge in [-0.05, 0) is 70.3 Å². The van der Waals surface area contributed by atoms with Gasteiger partial charge in [-0.25, -0.2) is 0 Å². The summed E-state index contributed by atoms with van der Waals surface area (Å²) in [6, 6.07) is 0. The van der Waals surface area contributed by atoms with Crippen molar-refractivity contribution in [1.82, 2.24) is 10.2 Å². The highest BCUT2D eigenvalue weighted by Crippen LogP contribution is 2.41. The zero-order valence-corrected chi connectivity index (χ0v) is 20.9. The molecule has 0 aromatic carbocycles. The van der Waals surface area contributed by atoms with Crippen molar-refractivity contribution >= 4 is 5.71 Å². The van der Waals surface area contributed by atoms with Crippen LogP contribution in [0.4, 0.5) is 0 Å². The van der Waals surface area contributed by atoms with Gasteiger partial charge in [0.25, 0.3) is 0 Å². The maximum atomic E-state index is 5.25. The SMILES string of the molecule is CCCC1CCOCC1.C\C=C(C(/C(C)=N/C=C/CC)=C(/C)N1CCNCC1)\C1CC1. The summed E-state index contributed by atoms with van der Waals surface area (Å²) in [5.41, 5.74) is 5.43. The van der Waals surface area contributed by atoms with Crippen molar-refractivity contribution in [3.05, 3.63) is 35.2 Å². The van der Waals surface area contributed by atoms with E-state index in [0.717, 1.165) is 63.4 Å². The van der Waals surface area contributed by atoms with Crippen LogP contribution >= 0.6 is 0 Å². The number of nitrogens with one attached hydrogen (secondary N) is 1. The molecule has 3 rings (SSSR count). The predicted molar refractivity (Wildman–Crippen MR) is 135 cm³/mol. The molecular formula is C27H47N3O. The second-order valence-corrected chi connectivity index (χ2v) is 9.07. The van der Waals surface area contributed by atoms with Crippen LogP contribution in [0.5, 0.6) is 0 Å². The Morgan fingerprint density at radius 3 is 2.29 bits per heavy atom. The molecule has 0 amide bonds. The normalized spacial score (nSPS) is 22.3. The van der Waals surface area contributed by atoms with Crippen molar-refractivity contribution in [3.8, 4) is 0 Å². The summed E-state index contributed by atoms with van der Waals surface area (Å²) in [6.07, 6.45) is 15.4. The average molecular weight is 430 g/mol. The first kappa shape index (κ1) is 25.9. The van der Waals surface area contributed by atoms with Crippen LogP contribution in [0.1, 0.15) is 79.6 Å². The molecule has 0 spiro atoms. The number of rotatable bonds is 8. The second kappa shape index (κ2) is 14.6. The Kier molecular flexibility index (Phi) is 12.2. The predicted octanol–water partition coefficient (Wildman–Crippen LogP) is 6.12. The molecule has 0 unspecified atom stereocenters. The summed E-state index contributed by atoms with van der Waals surface area (Å²) in [5.74, 6) is 1.72. The lowest BCUT2D eigenvalue weighted by atomic mass is 9.95. The van der Waals surface area contributed by atoms with Gasteiger partial charge >= 0.3 is 0 Å². The molecule has 2 heterocycles. The standard InChI is InChI=1S/C19H31N3.C8H16O/c1-5-7-10-21-15(3)19(18(6-2)17-8-9-17)16(4)22-13-11-20-12-14-22;1-2-3-8-4-6-9-7-5-8/h6-7,10,17,20H,5,8-9,11-14H2,1-4H3;8H,2-7H2,1H3/b10-7+,18-6-,19-16-,21-15+;. The van der Waals surface area contributed by atoms with Crippen molar-refractivity contribution < 1.29 is 4.74 Å². The maximum Gasteiger partial charge on any atom is 0.0468 e. The van der Waals surface area contributed by atoms with Crippen molar-refractivity contribution in [3.63, 3.8) is 0 Å². The van der Waals surface area contributed by atoms with Crippen LogP contribution in [-0.2, 0) is 4.74 Å². The van der Waals surface area contributed by atoms with E-state index in [2.05, 4.69) is 57.0 Å². The summed E-state index contributed by atoms with van der Waals surface area (Å²) >= 11 is 0. The minimum Gasteiger partial charge on any atom is -0.381 e. The number of hydrogen-bond acceptors (Lipinski definition) is 4. The van der Waals surface area contributed by atoms with E-state index in [4.69, 9.17) is 9.73 Å². The molecule has 0 aromatic heterocycles. The quantitative estimate of drug-likeness (QED) is 0.373. The van der Waals surface area contributed by atoms with Gasteiger partial charge < -0.3 is 15.0 Å². The molecule has 4 nitrogen and oxygen atoms in total. The minimum absolute atomic E-state index is 0.748. The van der Waals surface area contributed by atoms with Gasteiger partial charge in [0.05, 0.1) is 0 Å². The van der Waals surface area contributed by atoms with E-state index in [1.165, 1.54) is 55.4 Å². The third kappa shape index (κ3) is 8.94. The van der Waals surface area contributed by atoms with E-state index < -0.39 is 0 Å². The number of aliphatic imine (C=N–C) groups is 1. The van der Waals surface area contributed by atoms with Gasteiger partial charge in [0.15, 0.2) is 0 Å². The summed E-state index contributed by atoms with van der Waals surface area (Å²) < 4.78 is 5.25. The molecule has 2 saturated heterocycles. The highest BCUT2D eigenvalue weighted by atomic mass is 16.5. The molecular weight excluding hydrogens is 382 g/mol. The lowest BCUT2D eigenvalue weighted by molar-refractivity contribution is 0.0637. The molecule has 3 fully saturated rings. The monoisotopic (exact) mass is 429 g/mol. The Hall–Kier alpha value is -1.39. The average Bonchev–Trinajstić information content (AvgIpc) is 3.64. The molecule has 0 aromatic rings. The van der Waals surface area contributed by atoms with Gasteiger partial charge in [0, 0.05) is 62.6 Å². The lowest BCUT2D eigenvalue weighted by Crippen LogP contribution is -2.43. The van der Waals surface area contributed by atoms with Crippen LogP contribution in [0.25, 0.3) is 0 Å². The summed E-state index contributed by atoms with van der Waals surface area (Å²) in [6.45, 7) is 17.4. The molecule has 0 atom stereocenters. The first-order chi connectivity index (χ1) is 15.1. The van der Waals surface area contributed by atoms with Crippen LogP contribution in [0.15, 0.2) is 40.2 Å². The molecule has 4 heteroatoms. The van der Waals surface area contributed by atoms with Crippen LogP contribution in [0, 0.1) is 11.8 Å². The van der Waals surface area contributed by atoms with Crippen LogP contribution < -0.4 is 5.32 Å². The number of ether oxygens (including phenoxy) is 1. The first-order valence-electron chi connectivity index (χ1n) is 12.7. The Morgan fingerprint density at radius 1 is 1.06 bits per heavy atom. The highest BCUT2D eigenvalue weighted by molar-refractivity contribution is 6.03. The van der Waals surface area contributed by atoms with Crippen LogP contribution in [-0.4, -0.2) is 50.0 Å². The van der Waals surface area contributed by atoms with E-state index in [1.54, 1.807) is 0 Å². The smallest absolute Gasteiger partial charge is 0.0468 e. The molecule has 1 aliphatic carbocycles. The fourth-order valence-corrected chi connectivity index (χ4v) is 4.59. The van der Waals surface area contributed by atoms with Crippen LogP contribution in [0.3, 0.4) is 0 Å². The minimum atomic E-state index is 0.748. The molecule has 176 valence electrons. The molecule has 31 heavy (non-hydrogen) atoms. The molecule has 1 saturated carbocycles. The number of piperazine rings is 1. The molecule has 1 N–H and O–H groups in total. The Labute approximate surface area is 191 Å². The summed E-state index contributed by atoms with van der Waals surface area (Å²) in [5, 5.41) is 3.44. The van der Waals surface area contributed by atoms with Gasteiger partial charge in [-0.15, -0.1) is 0 Å². The molecule has 3 aliphatic rings. The third-order valence-electron chi connectivity index (χ3n) is 6.58. The van der Waals surface area contributed by atoms with Gasteiger partial charge in [-0.3, -0.25) is 4.99 Å². The van der Waals surface area contributed by atoms with Gasteiger partial charge in [-0.1, -0.05) is 38.8 Å². The van der Waals surface area contributed by atoms with E-state index in [0.29, 0.717) is 0 Å². The van der Waals surface area contributed by atoms with Gasteiger partial charge in [0.1, 0.15) is 0 Å². The van der Waals surface area contributed by atoms with E-state index in [-0.39, 0.29) is 0 Å². The summed E-state index contributed by atoms with van der Waals surface area (Å²) in [4.78, 5) is 7.22. The van der Waals surface area contributed by atoms with Crippen LogP contribution in [0.2, 0.25) is 0 Å². The Bertz CT molecular complexity index is 628. The zero-order chi connectivity index (χ0) is 22.5. The largest absolute Gasteiger partial charge is 0.381 e.